The molecule has 0 saturated carbocycles. The van der Waals surface area contributed by atoms with Crippen LogP contribution < -0.4 is 10.2 Å². The standard InChI is InChI=1S/C20H20FN3O2S/c1-14-13-24(9-8-22-14)17-4-7-20-15(10-17)11-19(12-23-20)27(25,26)18-5-2-16(21)3-6-18/h2-7,10-12,14,22H,8-9,13H2,1H3/t14-/m0/s1. The van der Waals surface area contributed by atoms with Crippen LogP contribution in [0, 0.1) is 5.82 Å². The Morgan fingerprint density at radius 2 is 1.89 bits per heavy atom. The van der Waals surface area contributed by atoms with E-state index in [4.69, 9.17) is 0 Å². The van der Waals surface area contributed by atoms with Crippen molar-refractivity contribution in [2.24, 2.45) is 0 Å². The predicted molar refractivity (Wildman–Crippen MR) is 103 cm³/mol. The van der Waals surface area contributed by atoms with Gasteiger partial charge in [0, 0.05) is 42.9 Å². The minimum absolute atomic E-state index is 0.0529. The smallest absolute Gasteiger partial charge is 0.208 e. The predicted octanol–water partition coefficient (Wildman–Crippen LogP) is 3.00. The fourth-order valence-electron chi connectivity index (χ4n) is 3.36. The number of nitrogens with zero attached hydrogens (tertiary/aromatic N) is 2. The summed E-state index contributed by atoms with van der Waals surface area (Å²) in [4.78, 5) is 6.74. The lowest BCUT2D eigenvalue weighted by molar-refractivity contribution is 0.485. The molecular weight excluding hydrogens is 365 g/mol. The lowest BCUT2D eigenvalue weighted by atomic mass is 10.1. The van der Waals surface area contributed by atoms with Crippen molar-refractivity contribution in [1.82, 2.24) is 10.3 Å². The second-order valence-electron chi connectivity index (χ2n) is 6.81. The summed E-state index contributed by atoms with van der Waals surface area (Å²) < 4.78 is 38.8. The summed E-state index contributed by atoms with van der Waals surface area (Å²) in [7, 11) is -3.75. The Hall–Kier alpha value is -2.51. The number of hydrogen-bond donors (Lipinski definition) is 1. The SMILES string of the molecule is C[C@H]1CN(c2ccc3ncc(S(=O)(=O)c4ccc(F)cc4)cc3c2)CCN1. The van der Waals surface area contributed by atoms with E-state index < -0.39 is 15.7 Å². The molecule has 2 heterocycles. The van der Waals surface area contributed by atoms with Gasteiger partial charge in [-0.15, -0.1) is 0 Å². The molecule has 3 aromatic rings. The molecule has 5 nitrogen and oxygen atoms in total. The number of hydrogen-bond acceptors (Lipinski definition) is 5. The summed E-state index contributed by atoms with van der Waals surface area (Å²) in [5, 5.41) is 4.18. The zero-order chi connectivity index (χ0) is 19.0. The molecule has 0 radical (unpaired) electrons. The first-order valence-corrected chi connectivity index (χ1v) is 10.3. The van der Waals surface area contributed by atoms with E-state index in [1.54, 1.807) is 6.07 Å². The van der Waals surface area contributed by atoms with E-state index in [9.17, 15) is 12.8 Å². The van der Waals surface area contributed by atoms with Gasteiger partial charge in [0.05, 0.1) is 15.3 Å². The van der Waals surface area contributed by atoms with Crippen molar-refractivity contribution in [3.05, 3.63) is 60.5 Å². The van der Waals surface area contributed by atoms with Gasteiger partial charge in [-0.1, -0.05) is 0 Å². The highest BCUT2D eigenvalue weighted by Crippen LogP contribution is 2.27. The van der Waals surface area contributed by atoms with Gasteiger partial charge in [0.15, 0.2) is 0 Å². The molecule has 0 amide bonds. The molecule has 1 atom stereocenters. The number of sulfone groups is 1. The third-order valence-electron chi connectivity index (χ3n) is 4.81. The molecule has 0 spiro atoms. The van der Waals surface area contributed by atoms with E-state index in [1.165, 1.54) is 18.3 Å². The fraction of sp³-hybridized carbons (Fsp3) is 0.250. The van der Waals surface area contributed by atoms with Crippen LogP contribution in [0.1, 0.15) is 6.92 Å². The van der Waals surface area contributed by atoms with E-state index in [0.717, 1.165) is 48.4 Å². The first-order valence-electron chi connectivity index (χ1n) is 8.82. The van der Waals surface area contributed by atoms with Crippen molar-refractivity contribution in [3.63, 3.8) is 0 Å². The van der Waals surface area contributed by atoms with Gasteiger partial charge in [-0.05, 0) is 55.5 Å². The maximum absolute atomic E-state index is 13.1. The average Bonchev–Trinajstić information content (AvgIpc) is 2.67. The van der Waals surface area contributed by atoms with Crippen LogP contribution in [-0.2, 0) is 9.84 Å². The van der Waals surface area contributed by atoms with E-state index in [1.807, 2.05) is 18.2 Å². The molecule has 0 aliphatic carbocycles. The maximum atomic E-state index is 13.1. The van der Waals surface area contributed by atoms with Gasteiger partial charge in [-0.3, -0.25) is 4.98 Å². The number of aromatic nitrogens is 1. The quantitative estimate of drug-likeness (QED) is 0.703. The number of fused-ring (bicyclic) bond motifs is 1. The van der Waals surface area contributed by atoms with Crippen LogP contribution in [0.25, 0.3) is 10.9 Å². The van der Waals surface area contributed by atoms with Crippen molar-refractivity contribution in [3.8, 4) is 0 Å². The molecule has 1 aliphatic rings. The highest BCUT2D eigenvalue weighted by atomic mass is 32.2. The number of benzene rings is 2. The van der Waals surface area contributed by atoms with E-state index in [2.05, 4.69) is 22.1 Å². The minimum Gasteiger partial charge on any atom is -0.369 e. The lowest BCUT2D eigenvalue weighted by Gasteiger charge is -2.33. The van der Waals surface area contributed by atoms with Crippen LogP contribution >= 0.6 is 0 Å². The highest BCUT2D eigenvalue weighted by Gasteiger charge is 2.20. The number of anilines is 1. The third kappa shape index (κ3) is 3.52. The normalized spacial score (nSPS) is 18.0. The zero-order valence-electron chi connectivity index (χ0n) is 14.9. The monoisotopic (exact) mass is 385 g/mol. The molecule has 2 aromatic carbocycles. The van der Waals surface area contributed by atoms with Gasteiger partial charge < -0.3 is 10.2 Å². The topological polar surface area (TPSA) is 62.3 Å². The molecule has 1 N–H and O–H groups in total. The van der Waals surface area contributed by atoms with Crippen molar-refractivity contribution in [2.45, 2.75) is 22.8 Å². The summed E-state index contributed by atoms with van der Waals surface area (Å²) in [5.41, 5.74) is 1.79. The van der Waals surface area contributed by atoms with Crippen molar-refractivity contribution in [2.75, 3.05) is 24.5 Å². The largest absolute Gasteiger partial charge is 0.369 e. The van der Waals surface area contributed by atoms with Gasteiger partial charge in [-0.2, -0.15) is 0 Å². The van der Waals surface area contributed by atoms with Crippen LogP contribution in [0.3, 0.4) is 0 Å². The van der Waals surface area contributed by atoms with E-state index in [-0.39, 0.29) is 9.79 Å². The summed E-state index contributed by atoms with van der Waals surface area (Å²) in [6.07, 6.45) is 1.35. The molecule has 4 rings (SSSR count). The number of rotatable bonds is 3. The van der Waals surface area contributed by atoms with Crippen molar-refractivity contribution in [1.29, 1.82) is 0 Å². The van der Waals surface area contributed by atoms with Gasteiger partial charge in [-0.25, -0.2) is 12.8 Å². The summed E-state index contributed by atoms with van der Waals surface area (Å²) in [6.45, 7) is 4.85. The summed E-state index contributed by atoms with van der Waals surface area (Å²) in [6, 6.07) is 12.8. The Kier molecular flexibility index (Phi) is 4.57. The Bertz CT molecular complexity index is 1080. The molecule has 1 fully saturated rings. The Morgan fingerprint density at radius 1 is 1.11 bits per heavy atom. The molecule has 140 valence electrons. The Labute approximate surface area is 157 Å². The molecule has 0 unspecified atom stereocenters. The molecule has 1 aliphatic heterocycles. The lowest BCUT2D eigenvalue weighted by Crippen LogP contribution is -2.49. The Balaban J connectivity index is 1.73. The van der Waals surface area contributed by atoms with E-state index >= 15 is 0 Å². The van der Waals surface area contributed by atoms with Crippen LogP contribution in [0.15, 0.2) is 64.5 Å². The molecule has 1 saturated heterocycles. The summed E-state index contributed by atoms with van der Waals surface area (Å²) in [5.74, 6) is -0.472. The number of piperazine rings is 1. The molecular formula is C20H20FN3O2S. The van der Waals surface area contributed by atoms with Gasteiger partial charge in [0.2, 0.25) is 9.84 Å². The molecule has 7 heteroatoms. The summed E-state index contributed by atoms with van der Waals surface area (Å²) >= 11 is 0. The molecule has 27 heavy (non-hydrogen) atoms. The number of nitrogens with one attached hydrogen (secondary N) is 1. The highest BCUT2D eigenvalue weighted by molar-refractivity contribution is 7.91. The Morgan fingerprint density at radius 3 is 2.63 bits per heavy atom. The minimum atomic E-state index is -3.75. The average molecular weight is 385 g/mol. The van der Waals surface area contributed by atoms with Crippen LogP contribution in [0.4, 0.5) is 10.1 Å². The number of halogens is 1. The first kappa shape index (κ1) is 17.9. The van der Waals surface area contributed by atoms with Crippen LogP contribution in [0.2, 0.25) is 0 Å². The fourth-order valence-corrected chi connectivity index (χ4v) is 4.60. The van der Waals surface area contributed by atoms with E-state index in [0.29, 0.717) is 6.04 Å². The van der Waals surface area contributed by atoms with Crippen molar-refractivity contribution < 1.29 is 12.8 Å². The molecule has 0 bridgehead atoms. The second kappa shape index (κ2) is 6.90. The van der Waals surface area contributed by atoms with Gasteiger partial charge in [0.25, 0.3) is 0 Å². The molecule has 1 aromatic heterocycles. The first-order chi connectivity index (χ1) is 12.9. The van der Waals surface area contributed by atoms with Crippen LogP contribution in [0.5, 0.6) is 0 Å². The van der Waals surface area contributed by atoms with Crippen LogP contribution in [-0.4, -0.2) is 39.1 Å². The van der Waals surface area contributed by atoms with Gasteiger partial charge in [0.1, 0.15) is 5.82 Å². The maximum Gasteiger partial charge on any atom is 0.208 e. The number of pyridine rings is 1. The van der Waals surface area contributed by atoms with Crippen molar-refractivity contribution >= 4 is 26.4 Å². The zero-order valence-corrected chi connectivity index (χ0v) is 15.7. The second-order valence-corrected chi connectivity index (χ2v) is 8.76. The third-order valence-corrected chi connectivity index (χ3v) is 6.54. The van der Waals surface area contributed by atoms with Gasteiger partial charge >= 0.3 is 0 Å².